The van der Waals surface area contributed by atoms with E-state index in [0.29, 0.717) is 15.9 Å². The van der Waals surface area contributed by atoms with Crippen molar-refractivity contribution in [1.82, 2.24) is 4.98 Å². The fourth-order valence-corrected chi connectivity index (χ4v) is 0.840. The molecular formula is C5H5Cl2N3. The third-order valence-corrected chi connectivity index (χ3v) is 1.47. The van der Waals surface area contributed by atoms with Gasteiger partial charge in [-0.1, -0.05) is 23.2 Å². The van der Waals surface area contributed by atoms with Gasteiger partial charge in [-0.25, -0.2) is 4.98 Å². The Morgan fingerprint density at radius 3 is 2.70 bits per heavy atom. The highest BCUT2D eigenvalue weighted by molar-refractivity contribution is 6.34. The average molecular weight is 178 g/mol. The van der Waals surface area contributed by atoms with E-state index >= 15 is 0 Å². The van der Waals surface area contributed by atoms with Gasteiger partial charge in [-0.2, -0.15) is 0 Å². The Morgan fingerprint density at radius 1 is 1.50 bits per heavy atom. The highest BCUT2D eigenvalue weighted by atomic mass is 35.5. The quantitative estimate of drug-likeness (QED) is 0.390. The topological polar surface area (TPSA) is 50.9 Å². The summed E-state index contributed by atoms with van der Waals surface area (Å²) in [6.45, 7) is 0. The smallest absolute Gasteiger partial charge is 0.153 e. The summed E-state index contributed by atoms with van der Waals surface area (Å²) < 4.78 is 0. The van der Waals surface area contributed by atoms with E-state index in [1.165, 1.54) is 6.20 Å². The Hall–Kier alpha value is -0.510. The van der Waals surface area contributed by atoms with Crippen molar-refractivity contribution in [3.8, 4) is 0 Å². The van der Waals surface area contributed by atoms with Crippen LogP contribution in [0.5, 0.6) is 0 Å². The molecule has 0 radical (unpaired) electrons. The number of aromatic nitrogens is 1. The molecule has 3 nitrogen and oxygen atoms in total. The minimum absolute atomic E-state index is 0.312. The lowest BCUT2D eigenvalue weighted by Gasteiger charge is -2.00. The second-order valence-electron chi connectivity index (χ2n) is 1.64. The molecule has 3 N–H and O–H groups in total. The summed E-state index contributed by atoms with van der Waals surface area (Å²) in [5.41, 5.74) is 2.88. The second-order valence-corrected chi connectivity index (χ2v) is 2.43. The minimum Gasteiger partial charge on any atom is -0.321 e. The van der Waals surface area contributed by atoms with Crippen molar-refractivity contribution >= 4 is 28.9 Å². The standard InChI is InChI=1S/C5H5Cl2N3/c6-3-1-4(10-8)5(7)9-2-3/h1-2,10H,8H2. The van der Waals surface area contributed by atoms with Crippen LogP contribution in [0, 0.1) is 0 Å². The van der Waals surface area contributed by atoms with E-state index in [0.717, 1.165) is 0 Å². The molecule has 0 atom stereocenters. The van der Waals surface area contributed by atoms with Gasteiger partial charge in [0, 0.05) is 6.20 Å². The molecule has 0 aliphatic heterocycles. The normalized spacial score (nSPS) is 9.50. The molecule has 1 heterocycles. The number of nitrogens with one attached hydrogen (secondary N) is 1. The number of nitrogen functional groups attached to an aromatic ring is 1. The van der Waals surface area contributed by atoms with Gasteiger partial charge in [0.25, 0.3) is 0 Å². The molecule has 0 aliphatic rings. The summed E-state index contributed by atoms with van der Waals surface area (Å²) in [5, 5.41) is 0.809. The van der Waals surface area contributed by atoms with E-state index < -0.39 is 0 Å². The van der Waals surface area contributed by atoms with E-state index in [1.807, 2.05) is 0 Å². The van der Waals surface area contributed by atoms with Gasteiger partial charge in [0.2, 0.25) is 0 Å². The van der Waals surface area contributed by atoms with E-state index in [-0.39, 0.29) is 0 Å². The first-order valence-electron chi connectivity index (χ1n) is 2.51. The number of pyridine rings is 1. The third-order valence-electron chi connectivity index (χ3n) is 0.961. The van der Waals surface area contributed by atoms with Gasteiger partial charge in [0.05, 0.1) is 10.7 Å². The lowest BCUT2D eigenvalue weighted by atomic mass is 10.4. The molecule has 1 aromatic heterocycles. The van der Waals surface area contributed by atoms with Gasteiger partial charge in [0.15, 0.2) is 5.15 Å². The molecular weight excluding hydrogens is 173 g/mol. The van der Waals surface area contributed by atoms with Crippen LogP contribution >= 0.6 is 23.2 Å². The van der Waals surface area contributed by atoms with Crippen molar-refractivity contribution in [2.45, 2.75) is 0 Å². The van der Waals surface area contributed by atoms with Crippen molar-refractivity contribution in [1.29, 1.82) is 0 Å². The molecule has 0 spiro atoms. The van der Waals surface area contributed by atoms with Crippen LogP contribution in [0.15, 0.2) is 12.3 Å². The lowest BCUT2D eigenvalue weighted by molar-refractivity contribution is 1.27. The van der Waals surface area contributed by atoms with Crippen molar-refractivity contribution in [2.24, 2.45) is 5.84 Å². The van der Waals surface area contributed by atoms with Crippen LogP contribution in [0.25, 0.3) is 0 Å². The zero-order chi connectivity index (χ0) is 7.56. The predicted molar refractivity (Wildman–Crippen MR) is 42.1 cm³/mol. The zero-order valence-electron chi connectivity index (χ0n) is 4.94. The van der Waals surface area contributed by atoms with Gasteiger partial charge in [-0.3, -0.25) is 5.84 Å². The summed E-state index contributed by atoms with van der Waals surface area (Å²) in [4.78, 5) is 3.74. The van der Waals surface area contributed by atoms with Crippen molar-refractivity contribution < 1.29 is 0 Å². The molecule has 0 amide bonds. The second kappa shape index (κ2) is 3.05. The Bertz CT molecular complexity index is 238. The SMILES string of the molecule is NNc1cc(Cl)cnc1Cl. The molecule has 1 rings (SSSR count). The Morgan fingerprint density at radius 2 is 2.20 bits per heavy atom. The van der Waals surface area contributed by atoms with Crippen LogP contribution in [0.2, 0.25) is 10.2 Å². The summed E-state index contributed by atoms with van der Waals surface area (Å²) in [7, 11) is 0. The number of rotatable bonds is 1. The van der Waals surface area contributed by atoms with Crippen LogP contribution in [-0.4, -0.2) is 4.98 Å². The van der Waals surface area contributed by atoms with Crippen LogP contribution < -0.4 is 11.3 Å². The maximum Gasteiger partial charge on any atom is 0.153 e. The van der Waals surface area contributed by atoms with Crippen molar-refractivity contribution in [2.75, 3.05) is 5.43 Å². The molecule has 0 unspecified atom stereocenters. The van der Waals surface area contributed by atoms with Gasteiger partial charge < -0.3 is 5.43 Å². The van der Waals surface area contributed by atoms with Gasteiger partial charge in [-0.15, -0.1) is 0 Å². The summed E-state index contributed by atoms with van der Waals surface area (Å²) >= 11 is 11.2. The molecule has 1 aromatic rings. The number of nitrogens with two attached hydrogens (primary N) is 1. The first-order valence-corrected chi connectivity index (χ1v) is 3.27. The Kier molecular flexibility index (Phi) is 2.32. The largest absolute Gasteiger partial charge is 0.321 e. The molecule has 0 aliphatic carbocycles. The summed E-state index contributed by atoms with van der Waals surface area (Å²) in [6, 6.07) is 1.59. The minimum atomic E-state index is 0.312. The van der Waals surface area contributed by atoms with Crippen molar-refractivity contribution in [3.63, 3.8) is 0 Å². The molecule has 0 bridgehead atoms. The molecule has 0 aromatic carbocycles. The number of hydrazine groups is 1. The fourth-order valence-electron chi connectivity index (χ4n) is 0.524. The van der Waals surface area contributed by atoms with Gasteiger partial charge in [-0.05, 0) is 6.07 Å². The lowest BCUT2D eigenvalue weighted by Crippen LogP contribution is -2.07. The van der Waals surface area contributed by atoms with Gasteiger partial charge >= 0.3 is 0 Å². The number of hydrogen-bond donors (Lipinski definition) is 2. The molecule has 10 heavy (non-hydrogen) atoms. The first-order chi connectivity index (χ1) is 4.74. The Labute approximate surface area is 68.1 Å². The highest BCUT2D eigenvalue weighted by Crippen LogP contribution is 2.20. The van der Waals surface area contributed by atoms with E-state index in [4.69, 9.17) is 29.0 Å². The van der Waals surface area contributed by atoms with Crippen molar-refractivity contribution in [3.05, 3.63) is 22.4 Å². The average Bonchev–Trinajstić information content (AvgIpc) is 1.94. The van der Waals surface area contributed by atoms with Crippen LogP contribution in [-0.2, 0) is 0 Å². The molecule has 0 saturated carbocycles. The van der Waals surface area contributed by atoms with E-state index in [2.05, 4.69) is 10.4 Å². The Balaban J connectivity index is 3.09. The summed E-state index contributed by atoms with van der Waals surface area (Å²) in [6.07, 6.45) is 1.45. The number of halogens is 2. The zero-order valence-corrected chi connectivity index (χ0v) is 6.45. The first kappa shape index (κ1) is 7.60. The number of anilines is 1. The molecule has 5 heteroatoms. The monoisotopic (exact) mass is 177 g/mol. The van der Waals surface area contributed by atoms with Gasteiger partial charge in [0.1, 0.15) is 0 Å². The number of nitrogens with zero attached hydrogens (tertiary/aromatic N) is 1. The van der Waals surface area contributed by atoms with Crippen LogP contribution in [0.1, 0.15) is 0 Å². The van der Waals surface area contributed by atoms with Crippen LogP contribution in [0.3, 0.4) is 0 Å². The maximum atomic E-state index is 5.58. The van der Waals surface area contributed by atoms with Crippen LogP contribution in [0.4, 0.5) is 5.69 Å². The molecule has 54 valence electrons. The maximum absolute atomic E-state index is 5.58. The predicted octanol–water partition coefficient (Wildman–Crippen LogP) is 1.67. The highest BCUT2D eigenvalue weighted by Gasteiger charge is 1.98. The van der Waals surface area contributed by atoms with E-state index in [1.54, 1.807) is 6.07 Å². The fraction of sp³-hybridized carbons (Fsp3) is 0. The number of hydrogen-bond acceptors (Lipinski definition) is 3. The summed E-state index contributed by atoms with van der Waals surface area (Å²) in [5.74, 6) is 5.09. The van der Waals surface area contributed by atoms with E-state index in [9.17, 15) is 0 Å². The third kappa shape index (κ3) is 1.50. The molecule has 0 saturated heterocycles. The molecule has 0 fully saturated rings.